The Balaban J connectivity index is 2.14. The first kappa shape index (κ1) is 23.5. The van der Waals surface area contributed by atoms with Crippen LogP contribution in [0.25, 0.3) is 0 Å². The number of carbonyl (C=O) groups excluding carboxylic acids is 3. The summed E-state index contributed by atoms with van der Waals surface area (Å²) in [5.74, 6) is 0.406. The SMILES string of the molecule is CC(=O)N[C@@H](C)C(=O)Sc1ccccc1NC(=O)C1(CCC(C)C)CCCCC1. The lowest BCUT2D eigenvalue weighted by molar-refractivity contribution is -0.128. The highest BCUT2D eigenvalue weighted by molar-refractivity contribution is 8.14. The zero-order valence-electron chi connectivity index (χ0n) is 18.0. The summed E-state index contributed by atoms with van der Waals surface area (Å²) in [6.45, 7) is 7.45. The third-order valence-electron chi connectivity index (χ3n) is 5.61. The number of amides is 2. The van der Waals surface area contributed by atoms with Crippen LogP contribution >= 0.6 is 11.8 Å². The summed E-state index contributed by atoms with van der Waals surface area (Å²) in [4.78, 5) is 37.7. The number of benzene rings is 1. The first-order chi connectivity index (χ1) is 13.7. The Morgan fingerprint density at radius 3 is 2.34 bits per heavy atom. The van der Waals surface area contributed by atoms with Gasteiger partial charge in [0.2, 0.25) is 16.9 Å². The zero-order valence-corrected chi connectivity index (χ0v) is 18.9. The van der Waals surface area contributed by atoms with Crippen LogP contribution in [0.3, 0.4) is 0 Å². The van der Waals surface area contributed by atoms with E-state index in [1.54, 1.807) is 6.92 Å². The van der Waals surface area contributed by atoms with Crippen molar-refractivity contribution in [1.29, 1.82) is 0 Å². The van der Waals surface area contributed by atoms with Crippen molar-refractivity contribution in [2.75, 3.05) is 5.32 Å². The van der Waals surface area contributed by atoms with Crippen LogP contribution in [0.2, 0.25) is 0 Å². The van der Waals surface area contributed by atoms with Crippen LogP contribution in [-0.4, -0.2) is 23.0 Å². The molecule has 160 valence electrons. The summed E-state index contributed by atoms with van der Waals surface area (Å²) < 4.78 is 0. The number of nitrogens with one attached hydrogen (secondary N) is 2. The van der Waals surface area contributed by atoms with Crippen molar-refractivity contribution in [3.05, 3.63) is 24.3 Å². The molecule has 1 aromatic rings. The predicted octanol–water partition coefficient (Wildman–Crippen LogP) is 5.16. The van der Waals surface area contributed by atoms with Crippen molar-refractivity contribution in [1.82, 2.24) is 5.32 Å². The molecule has 0 spiro atoms. The minimum atomic E-state index is -0.586. The van der Waals surface area contributed by atoms with Gasteiger partial charge in [-0.2, -0.15) is 0 Å². The van der Waals surface area contributed by atoms with E-state index in [4.69, 9.17) is 0 Å². The fourth-order valence-electron chi connectivity index (χ4n) is 3.86. The molecule has 0 aliphatic heterocycles. The number of hydrogen-bond acceptors (Lipinski definition) is 4. The Labute approximate surface area is 178 Å². The third-order valence-corrected chi connectivity index (χ3v) is 6.74. The highest BCUT2D eigenvalue weighted by atomic mass is 32.2. The molecule has 29 heavy (non-hydrogen) atoms. The van der Waals surface area contributed by atoms with Crippen LogP contribution in [-0.2, 0) is 14.4 Å². The van der Waals surface area contributed by atoms with E-state index in [1.165, 1.54) is 13.3 Å². The standard InChI is InChI=1S/C23H34N2O3S/c1-16(2)12-15-23(13-8-5-9-14-23)22(28)25-19-10-6-7-11-20(19)29-21(27)17(3)24-18(4)26/h6-7,10-11,16-17H,5,8-9,12-15H2,1-4H3,(H,24,26)(H,25,28)/t17-/m0/s1. The Kier molecular flexibility index (Phi) is 8.75. The van der Waals surface area contributed by atoms with Gasteiger partial charge in [0.15, 0.2) is 0 Å². The van der Waals surface area contributed by atoms with Gasteiger partial charge in [-0.1, -0.05) is 45.2 Å². The molecule has 0 heterocycles. The monoisotopic (exact) mass is 418 g/mol. The Hall–Kier alpha value is -1.82. The Morgan fingerprint density at radius 2 is 1.72 bits per heavy atom. The maximum Gasteiger partial charge on any atom is 0.230 e. The van der Waals surface area contributed by atoms with Crippen LogP contribution in [0.4, 0.5) is 5.69 Å². The van der Waals surface area contributed by atoms with Gasteiger partial charge in [-0.05, 0) is 62.4 Å². The molecule has 0 aromatic heterocycles. The quantitative estimate of drug-likeness (QED) is 0.572. The van der Waals surface area contributed by atoms with E-state index >= 15 is 0 Å². The number of carbonyl (C=O) groups is 3. The van der Waals surface area contributed by atoms with Crippen molar-refractivity contribution in [2.45, 2.75) is 83.6 Å². The molecule has 1 fully saturated rings. The number of rotatable bonds is 8. The van der Waals surface area contributed by atoms with E-state index in [0.717, 1.165) is 50.3 Å². The molecule has 0 radical (unpaired) electrons. The second-order valence-electron chi connectivity index (χ2n) is 8.57. The minimum absolute atomic E-state index is 0.0771. The molecule has 6 heteroatoms. The molecule has 1 aromatic carbocycles. The maximum absolute atomic E-state index is 13.4. The average Bonchev–Trinajstić information content (AvgIpc) is 2.68. The molecule has 0 saturated heterocycles. The van der Waals surface area contributed by atoms with Gasteiger partial charge in [-0.3, -0.25) is 14.4 Å². The molecule has 0 unspecified atom stereocenters. The molecule has 2 rings (SSSR count). The second-order valence-corrected chi connectivity index (χ2v) is 9.61. The Morgan fingerprint density at radius 1 is 1.07 bits per heavy atom. The smallest absolute Gasteiger partial charge is 0.230 e. The fraction of sp³-hybridized carbons (Fsp3) is 0.609. The molecule has 2 amide bonds. The van der Waals surface area contributed by atoms with Crippen LogP contribution in [0.5, 0.6) is 0 Å². The van der Waals surface area contributed by atoms with Crippen LogP contribution in [0.15, 0.2) is 29.2 Å². The summed E-state index contributed by atoms with van der Waals surface area (Å²) in [7, 11) is 0. The van der Waals surface area contributed by atoms with Crippen molar-refractivity contribution < 1.29 is 14.4 Å². The molecule has 1 aliphatic carbocycles. The van der Waals surface area contributed by atoms with E-state index in [9.17, 15) is 14.4 Å². The lowest BCUT2D eigenvalue weighted by Gasteiger charge is -2.36. The number of para-hydroxylation sites is 1. The molecular formula is C23H34N2O3S. The van der Waals surface area contributed by atoms with Crippen LogP contribution < -0.4 is 10.6 Å². The van der Waals surface area contributed by atoms with Gasteiger partial charge in [-0.25, -0.2) is 0 Å². The molecule has 0 bridgehead atoms. The first-order valence-electron chi connectivity index (χ1n) is 10.6. The summed E-state index contributed by atoms with van der Waals surface area (Å²) in [6.07, 6.45) is 7.18. The van der Waals surface area contributed by atoms with Crippen LogP contribution in [0, 0.1) is 11.3 Å². The molecule has 1 aliphatic rings. The molecular weight excluding hydrogens is 384 g/mol. The van der Waals surface area contributed by atoms with Gasteiger partial charge >= 0.3 is 0 Å². The summed E-state index contributed by atoms with van der Waals surface area (Å²) >= 11 is 1.06. The summed E-state index contributed by atoms with van der Waals surface area (Å²) in [6, 6.07) is 6.81. The molecule has 1 atom stereocenters. The summed E-state index contributed by atoms with van der Waals surface area (Å²) in [5.41, 5.74) is 0.355. The van der Waals surface area contributed by atoms with E-state index in [-0.39, 0.29) is 22.3 Å². The van der Waals surface area contributed by atoms with Crippen LogP contribution in [0.1, 0.15) is 72.6 Å². The van der Waals surface area contributed by atoms with E-state index < -0.39 is 6.04 Å². The third kappa shape index (κ3) is 6.88. The molecule has 2 N–H and O–H groups in total. The van der Waals surface area contributed by atoms with Gasteiger partial charge in [0.1, 0.15) is 0 Å². The van der Waals surface area contributed by atoms with Gasteiger partial charge < -0.3 is 10.6 Å². The molecule has 1 saturated carbocycles. The number of hydrogen-bond donors (Lipinski definition) is 2. The van der Waals surface area contributed by atoms with Gasteiger partial charge in [0.25, 0.3) is 0 Å². The van der Waals surface area contributed by atoms with Gasteiger partial charge in [0, 0.05) is 17.2 Å². The van der Waals surface area contributed by atoms with Gasteiger partial charge in [-0.15, -0.1) is 0 Å². The van der Waals surface area contributed by atoms with Crippen molar-refractivity contribution >= 4 is 34.4 Å². The Bertz CT molecular complexity index is 727. The zero-order chi connectivity index (χ0) is 21.4. The van der Waals surface area contributed by atoms with E-state index in [1.807, 2.05) is 24.3 Å². The predicted molar refractivity (Wildman–Crippen MR) is 119 cm³/mol. The second kappa shape index (κ2) is 10.8. The van der Waals surface area contributed by atoms with Crippen molar-refractivity contribution in [2.24, 2.45) is 11.3 Å². The van der Waals surface area contributed by atoms with Gasteiger partial charge in [0.05, 0.1) is 11.7 Å². The van der Waals surface area contributed by atoms with E-state index in [2.05, 4.69) is 24.5 Å². The maximum atomic E-state index is 13.4. The van der Waals surface area contributed by atoms with Crippen molar-refractivity contribution in [3.63, 3.8) is 0 Å². The van der Waals surface area contributed by atoms with Crippen molar-refractivity contribution in [3.8, 4) is 0 Å². The average molecular weight is 419 g/mol. The first-order valence-corrected chi connectivity index (χ1v) is 11.4. The normalized spacial score (nSPS) is 16.9. The van der Waals surface area contributed by atoms with E-state index in [0.29, 0.717) is 16.5 Å². The largest absolute Gasteiger partial charge is 0.346 e. The lowest BCUT2D eigenvalue weighted by Crippen LogP contribution is -2.38. The minimum Gasteiger partial charge on any atom is -0.346 e. The number of thioether (sulfide) groups is 1. The lowest BCUT2D eigenvalue weighted by atomic mass is 9.69. The highest BCUT2D eigenvalue weighted by Crippen LogP contribution is 2.42. The highest BCUT2D eigenvalue weighted by Gasteiger charge is 2.39. The summed E-state index contributed by atoms with van der Waals surface area (Å²) in [5, 5.41) is 5.58. The number of anilines is 1. The molecule has 5 nitrogen and oxygen atoms in total. The fourth-order valence-corrected chi connectivity index (χ4v) is 4.69. The topological polar surface area (TPSA) is 75.3 Å².